The Morgan fingerprint density at radius 3 is 2.45 bits per heavy atom. The average molecular weight is 290 g/mol. The van der Waals surface area contributed by atoms with Crippen molar-refractivity contribution in [2.75, 3.05) is 0 Å². The molecule has 22 heavy (non-hydrogen) atoms. The highest BCUT2D eigenvalue weighted by atomic mass is 16.2. The highest BCUT2D eigenvalue weighted by Crippen LogP contribution is 2.38. The lowest BCUT2D eigenvalue weighted by Crippen LogP contribution is -2.40. The number of benzene rings is 2. The van der Waals surface area contributed by atoms with E-state index in [1.54, 1.807) is 6.08 Å². The van der Waals surface area contributed by atoms with Gasteiger partial charge in [0.05, 0.1) is 0 Å². The summed E-state index contributed by atoms with van der Waals surface area (Å²) in [6, 6.07) is 17.3. The third-order valence-electron chi connectivity index (χ3n) is 4.44. The van der Waals surface area contributed by atoms with Gasteiger partial charge in [-0.3, -0.25) is 9.59 Å². The SMILES string of the molecule is CC(=O)C1(/C=C/c2ccccc2)CCc2ccccc2C1=O. The molecule has 0 aliphatic heterocycles. The first-order chi connectivity index (χ1) is 10.6. The minimum Gasteiger partial charge on any atom is -0.299 e. The molecule has 0 aromatic heterocycles. The predicted octanol–water partition coefficient (Wildman–Crippen LogP) is 4.10. The van der Waals surface area contributed by atoms with E-state index in [-0.39, 0.29) is 11.6 Å². The summed E-state index contributed by atoms with van der Waals surface area (Å²) in [4.78, 5) is 25.2. The number of Topliss-reactive ketones (excluding diaryl/α,β-unsaturated/α-hetero) is 2. The molecule has 2 aromatic carbocycles. The molecule has 0 saturated heterocycles. The molecule has 1 aliphatic rings. The largest absolute Gasteiger partial charge is 0.299 e. The molecular weight excluding hydrogens is 272 g/mol. The first-order valence-corrected chi connectivity index (χ1v) is 7.51. The molecule has 1 atom stereocenters. The van der Waals surface area contributed by atoms with Crippen LogP contribution in [0.4, 0.5) is 0 Å². The van der Waals surface area contributed by atoms with Crippen molar-refractivity contribution in [3.8, 4) is 0 Å². The topological polar surface area (TPSA) is 34.1 Å². The third-order valence-corrected chi connectivity index (χ3v) is 4.44. The van der Waals surface area contributed by atoms with Gasteiger partial charge in [0.1, 0.15) is 11.2 Å². The van der Waals surface area contributed by atoms with Gasteiger partial charge in [0.2, 0.25) is 0 Å². The number of aryl methyl sites for hydroxylation is 1. The van der Waals surface area contributed by atoms with Crippen LogP contribution in [-0.2, 0) is 11.2 Å². The predicted molar refractivity (Wildman–Crippen MR) is 87.7 cm³/mol. The van der Waals surface area contributed by atoms with Crippen LogP contribution < -0.4 is 0 Å². The van der Waals surface area contributed by atoms with Gasteiger partial charge in [-0.15, -0.1) is 0 Å². The van der Waals surface area contributed by atoms with Crippen LogP contribution in [0.15, 0.2) is 60.7 Å². The second-order valence-corrected chi connectivity index (χ2v) is 5.76. The Bertz CT molecular complexity index is 743. The van der Waals surface area contributed by atoms with Crippen molar-refractivity contribution in [1.82, 2.24) is 0 Å². The summed E-state index contributed by atoms with van der Waals surface area (Å²) in [7, 11) is 0. The van der Waals surface area contributed by atoms with Crippen molar-refractivity contribution in [3.63, 3.8) is 0 Å². The lowest BCUT2D eigenvalue weighted by atomic mass is 9.68. The summed E-state index contributed by atoms with van der Waals surface area (Å²) in [6.45, 7) is 1.52. The maximum absolute atomic E-state index is 12.9. The Morgan fingerprint density at radius 2 is 1.73 bits per heavy atom. The standard InChI is InChI=1S/C20H18O2/c1-15(21)20(13-11-16-7-3-2-4-8-16)14-12-17-9-5-6-10-18(17)19(20)22/h2-11,13H,12,14H2,1H3/b13-11+. The Labute approximate surface area is 130 Å². The monoisotopic (exact) mass is 290 g/mol. The van der Waals surface area contributed by atoms with Gasteiger partial charge in [-0.05, 0) is 30.9 Å². The van der Waals surface area contributed by atoms with Crippen LogP contribution in [0.1, 0.15) is 34.8 Å². The van der Waals surface area contributed by atoms with E-state index in [4.69, 9.17) is 0 Å². The molecule has 0 heterocycles. The Kier molecular flexibility index (Phi) is 3.76. The number of hydrogen-bond donors (Lipinski definition) is 0. The quantitative estimate of drug-likeness (QED) is 0.797. The summed E-state index contributed by atoms with van der Waals surface area (Å²) in [6.07, 6.45) is 4.97. The highest BCUT2D eigenvalue weighted by molar-refractivity contribution is 6.17. The number of hydrogen-bond acceptors (Lipinski definition) is 2. The van der Waals surface area contributed by atoms with E-state index in [0.29, 0.717) is 12.0 Å². The van der Waals surface area contributed by atoms with E-state index in [1.165, 1.54) is 6.92 Å². The molecule has 0 saturated carbocycles. The van der Waals surface area contributed by atoms with Gasteiger partial charge in [-0.25, -0.2) is 0 Å². The van der Waals surface area contributed by atoms with E-state index in [1.807, 2.05) is 60.7 Å². The van der Waals surface area contributed by atoms with Crippen molar-refractivity contribution in [3.05, 3.63) is 77.4 Å². The molecule has 1 aliphatic carbocycles. The van der Waals surface area contributed by atoms with Crippen molar-refractivity contribution in [1.29, 1.82) is 0 Å². The summed E-state index contributed by atoms with van der Waals surface area (Å²) >= 11 is 0. The average Bonchev–Trinajstić information content (AvgIpc) is 2.55. The maximum atomic E-state index is 12.9. The molecule has 0 amide bonds. The molecule has 2 heteroatoms. The summed E-state index contributed by atoms with van der Waals surface area (Å²) in [5.74, 6) is -0.159. The summed E-state index contributed by atoms with van der Waals surface area (Å²) in [5.41, 5.74) is 1.69. The Hall–Kier alpha value is -2.48. The molecular formula is C20H18O2. The third kappa shape index (κ3) is 2.41. The molecule has 2 nitrogen and oxygen atoms in total. The number of carbonyl (C=O) groups excluding carboxylic acids is 2. The number of fused-ring (bicyclic) bond motifs is 1. The van der Waals surface area contributed by atoms with Gasteiger partial charge in [0.25, 0.3) is 0 Å². The molecule has 0 bridgehead atoms. The van der Waals surface area contributed by atoms with Crippen molar-refractivity contribution < 1.29 is 9.59 Å². The summed E-state index contributed by atoms with van der Waals surface area (Å²) < 4.78 is 0. The zero-order valence-corrected chi connectivity index (χ0v) is 12.6. The molecule has 2 aromatic rings. The highest BCUT2D eigenvalue weighted by Gasteiger charge is 2.44. The van der Waals surface area contributed by atoms with Crippen LogP contribution in [0.5, 0.6) is 0 Å². The molecule has 0 radical (unpaired) electrons. The van der Waals surface area contributed by atoms with Crippen LogP contribution >= 0.6 is 0 Å². The summed E-state index contributed by atoms with van der Waals surface area (Å²) in [5, 5.41) is 0. The van der Waals surface area contributed by atoms with E-state index in [0.717, 1.165) is 17.5 Å². The Morgan fingerprint density at radius 1 is 1.05 bits per heavy atom. The minimum atomic E-state index is -1.02. The van der Waals surface area contributed by atoms with Gasteiger partial charge >= 0.3 is 0 Å². The van der Waals surface area contributed by atoms with Crippen molar-refractivity contribution >= 4 is 17.6 Å². The Balaban J connectivity index is 2.02. The molecule has 0 spiro atoms. The first-order valence-electron chi connectivity index (χ1n) is 7.51. The lowest BCUT2D eigenvalue weighted by Gasteiger charge is -2.32. The second-order valence-electron chi connectivity index (χ2n) is 5.76. The van der Waals surface area contributed by atoms with Crippen molar-refractivity contribution in [2.45, 2.75) is 19.8 Å². The van der Waals surface area contributed by atoms with E-state index >= 15 is 0 Å². The maximum Gasteiger partial charge on any atom is 0.180 e. The zero-order chi connectivity index (χ0) is 15.6. The second kappa shape index (κ2) is 5.72. The van der Waals surface area contributed by atoms with E-state index in [9.17, 15) is 9.59 Å². The van der Waals surface area contributed by atoms with Crippen LogP contribution in [0.2, 0.25) is 0 Å². The fourth-order valence-electron chi connectivity index (χ4n) is 3.06. The number of rotatable bonds is 3. The van der Waals surface area contributed by atoms with Gasteiger partial charge in [-0.2, -0.15) is 0 Å². The molecule has 110 valence electrons. The zero-order valence-electron chi connectivity index (χ0n) is 12.6. The molecule has 0 fully saturated rings. The van der Waals surface area contributed by atoms with E-state index < -0.39 is 5.41 Å². The first kappa shape index (κ1) is 14.5. The number of carbonyl (C=O) groups is 2. The van der Waals surface area contributed by atoms with Gasteiger partial charge < -0.3 is 0 Å². The van der Waals surface area contributed by atoms with Crippen LogP contribution in [-0.4, -0.2) is 11.6 Å². The van der Waals surface area contributed by atoms with Crippen molar-refractivity contribution in [2.24, 2.45) is 5.41 Å². The fourth-order valence-corrected chi connectivity index (χ4v) is 3.06. The van der Waals surface area contributed by atoms with Crippen LogP contribution in [0.25, 0.3) is 6.08 Å². The fraction of sp³-hybridized carbons (Fsp3) is 0.200. The van der Waals surface area contributed by atoms with Gasteiger partial charge in [-0.1, -0.05) is 66.7 Å². The van der Waals surface area contributed by atoms with Gasteiger partial charge in [0, 0.05) is 5.56 Å². The molecule has 0 N–H and O–H groups in total. The smallest absolute Gasteiger partial charge is 0.180 e. The van der Waals surface area contributed by atoms with Crippen LogP contribution in [0, 0.1) is 5.41 Å². The minimum absolute atomic E-state index is 0.0750. The number of allylic oxidation sites excluding steroid dienone is 1. The molecule has 3 rings (SSSR count). The van der Waals surface area contributed by atoms with Crippen LogP contribution in [0.3, 0.4) is 0 Å². The number of ketones is 2. The molecule has 1 unspecified atom stereocenters. The lowest BCUT2D eigenvalue weighted by molar-refractivity contribution is -0.122. The van der Waals surface area contributed by atoms with Gasteiger partial charge in [0.15, 0.2) is 5.78 Å². The van der Waals surface area contributed by atoms with E-state index in [2.05, 4.69) is 0 Å². The normalized spacial score (nSPS) is 20.9.